The molecule has 6 heteroatoms. The van der Waals surface area contributed by atoms with Gasteiger partial charge in [0.1, 0.15) is 11.6 Å². The molecular weight excluding hydrogens is 350 g/mol. The summed E-state index contributed by atoms with van der Waals surface area (Å²) in [5.41, 5.74) is 11.1. The predicted octanol–water partition coefficient (Wildman–Crippen LogP) is 3.99. The van der Waals surface area contributed by atoms with E-state index in [0.29, 0.717) is 18.2 Å². The third kappa shape index (κ3) is 4.28. The Balaban J connectivity index is 1.46. The van der Waals surface area contributed by atoms with Crippen molar-refractivity contribution in [3.8, 4) is 11.1 Å². The first-order valence-electron chi connectivity index (χ1n) is 9.41. The van der Waals surface area contributed by atoms with Crippen molar-refractivity contribution in [1.29, 1.82) is 0 Å². The number of anilines is 3. The molecule has 6 nitrogen and oxygen atoms in total. The van der Waals surface area contributed by atoms with Crippen LogP contribution in [0, 0.1) is 12.8 Å². The first-order chi connectivity index (χ1) is 13.6. The summed E-state index contributed by atoms with van der Waals surface area (Å²) < 4.78 is 0. The maximum absolute atomic E-state index is 11.9. The molecular formula is C22H23N5O. The minimum Gasteiger partial charge on any atom is -0.382 e. The van der Waals surface area contributed by atoms with Crippen LogP contribution in [0.15, 0.2) is 54.9 Å². The number of aryl methyl sites for hydroxylation is 1. The highest BCUT2D eigenvalue weighted by Crippen LogP contribution is 2.30. The summed E-state index contributed by atoms with van der Waals surface area (Å²) in [5.74, 6) is 1.23. The lowest BCUT2D eigenvalue weighted by molar-refractivity contribution is -0.117. The summed E-state index contributed by atoms with van der Waals surface area (Å²) in [6.45, 7) is 2.62. The van der Waals surface area contributed by atoms with Crippen molar-refractivity contribution in [2.45, 2.75) is 26.3 Å². The van der Waals surface area contributed by atoms with Crippen LogP contribution >= 0.6 is 0 Å². The number of nitrogen functional groups attached to an aromatic ring is 1. The molecule has 0 bridgehead atoms. The van der Waals surface area contributed by atoms with E-state index in [9.17, 15) is 4.79 Å². The summed E-state index contributed by atoms with van der Waals surface area (Å²) >= 11 is 0. The van der Waals surface area contributed by atoms with Gasteiger partial charge in [-0.1, -0.05) is 29.8 Å². The van der Waals surface area contributed by atoms with E-state index in [1.807, 2.05) is 18.2 Å². The smallest absolute Gasteiger partial charge is 0.228 e. The Morgan fingerprint density at radius 2 is 1.89 bits per heavy atom. The van der Waals surface area contributed by atoms with E-state index in [0.717, 1.165) is 35.2 Å². The lowest BCUT2D eigenvalue weighted by Crippen LogP contribution is -2.14. The maximum atomic E-state index is 11.9. The van der Waals surface area contributed by atoms with Gasteiger partial charge >= 0.3 is 0 Å². The van der Waals surface area contributed by atoms with Crippen molar-refractivity contribution >= 4 is 23.2 Å². The Kier molecular flexibility index (Phi) is 4.93. The standard InChI is InChI=1S/C22H23N5O/c1-14-2-4-16(5-3-14)18-11-19(21(23)26-13-18)25-12-15-8-9-24-20(10-15)27-22(28)17-6-7-17/h2-5,8-11,13,17,25H,6-7,12H2,1H3,(H2,23,26)(H,24,27,28). The first kappa shape index (κ1) is 18.0. The van der Waals surface area contributed by atoms with Crippen LogP contribution in [0.4, 0.5) is 17.3 Å². The molecule has 1 aliphatic rings. The van der Waals surface area contributed by atoms with E-state index >= 15 is 0 Å². The number of pyridine rings is 2. The number of nitrogens with one attached hydrogen (secondary N) is 2. The van der Waals surface area contributed by atoms with E-state index in [1.165, 1.54) is 5.56 Å². The number of carbonyl (C=O) groups is 1. The lowest BCUT2D eigenvalue weighted by atomic mass is 10.1. The summed E-state index contributed by atoms with van der Waals surface area (Å²) in [5, 5.41) is 6.21. The van der Waals surface area contributed by atoms with Crippen LogP contribution in [0.1, 0.15) is 24.0 Å². The van der Waals surface area contributed by atoms with Crippen LogP contribution in [0.25, 0.3) is 11.1 Å². The second-order valence-corrected chi connectivity index (χ2v) is 7.19. The Bertz CT molecular complexity index is 996. The van der Waals surface area contributed by atoms with E-state index in [2.05, 4.69) is 51.8 Å². The fourth-order valence-corrected chi connectivity index (χ4v) is 2.94. The molecule has 3 aromatic rings. The van der Waals surface area contributed by atoms with E-state index in [1.54, 1.807) is 12.4 Å². The molecule has 0 spiro atoms. The van der Waals surface area contributed by atoms with Crippen LogP contribution < -0.4 is 16.4 Å². The normalized spacial score (nSPS) is 13.2. The second-order valence-electron chi connectivity index (χ2n) is 7.19. The minimum atomic E-state index is 0.0526. The molecule has 1 fully saturated rings. The van der Waals surface area contributed by atoms with Crippen molar-refractivity contribution in [2.24, 2.45) is 5.92 Å². The van der Waals surface area contributed by atoms with Gasteiger partial charge in [-0.15, -0.1) is 0 Å². The molecule has 4 N–H and O–H groups in total. The van der Waals surface area contributed by atoms with E-state index < -0.39 is 0 Å². The van der Waals surface area contributed by atoms with Gasteiger partial charge in [-0.2, -0.15) is 0 Å². The van der Waals surface area contributed by atoms with Gasteiger partial charge in [-0.25, -0.2) is 9.97 Å². The molecule has 142 valence electrons. The summed E-state index contributed by atoms with van der Waals surface area (Å²) in [6, 6.07) is 14.1. The Morgan fingerprint density at radius 3 is 2.64 bits per heavy atom. The van der Waals surface area contributed by atoms with E-state index in [4.69, 9.17) is 5.73 Å². The van der Waals surface area contributed by atoms with Crippen molar-refractivity contribution in [1.82, 2.24) is 9.97 Å². The molecule has 0 unspecified atom stereocenters. The number of amides is 1. The number of aromatic nitrogens is 2. The maximum Gasteiger partial charge on any atom is 0.228 e. The number of hydrogen-bond acceptors (Lipinski definition) is 5. The lowest BCUT2D eigenvalue weighted by Gasteiger charge is -2.12. The van der Waals surface area contributed by atoms with Gasteiger partial charge in [-0.05, 0) is 49.1 Å². The summed E-state index contributed by atoms with van der Waals surface area (Å²) in [6.07, 6.45) is 5.42. The van der Waals surface area contributed by atoms with Crippen LogP contribution in [0.5, 0.6) is 0 Å². The largest absolute Gasteiger partial charge is 0.382 e. The molecule has 1 amide bonds. The number of benzene rings is 1. The molecule has 28 heavy (non-hydrogen) atoms. The van der Waals surface area contributed by atoms with Gasteiger partial charge in [0.05, 0.1) is 5.69 Å². The predicted molar refractivity (Wildman–Crippen MR) is 112 cm³/mol. The highest BCUT2D eigenvalue weighted by Gasteiger charge is 2.29. The van der Waals surface area contributed by atoms with Crippen LogP contribution in [-0.4, -0.2) is 15.9 Å². The third-order valence-corrected chi connectivity index (χ3v) is 4.81. The Labute approximate surface area is 164 Å². The second kappa shape index (κ2) is 7.68. The SMILES string of the molecule is Cc1ccc(-c2cnc(N)c(NCc3ccnc(NC(=O)C4CC4)c3)c2)cc1. The fourth-order valence-electron chi connectivity index (χ4n) is 2.94. The van der Waals surface area contributed by atoms with Gasteiger partial charge in [-0.3, -0.25) is 4.79 Å². The molecule has 1 aliphatic carbocycles. The highest BCUT2D eigenvalue weighted by molar-refractivity contribution is 5.93. The average Bonchev–Trinajstić information content (AvgIpc) is 3.54. The summed E-state index contributed by atoms with van der Waals surface area (Å²) in [4.78, 5) is 20.5. The zero-order valence-electron chi connectivity index (χ0n) is 15.8. The minimum absolute atomic E-state index is 0.0526. The quantitative estimate of drug-likeness (QED) is 0.607. The van der Waals surface area contributed by atoms with Crippen LogP contribution in [-0.2, 0) is 11.3 Å². The highest BCUT2D eigenvalue weighted by atomic mass is 16.2. The molecule has 0 radical (unpaired) electrons. The first-order valence-corrected chi connectivity index (χ1v) is 9.41. The van der Waals surface area contributed by atoms with Gasteiger partial charge in [0.2, 0.25) is 5.91 Å². The van der Waals surface area contributed by atoms with Gasteiger partial charge < -0.3 is 16.4 Å². The molecule has 2 heterocycles. The number of nitrogens with two attached hydrogens (primary N) is 1. The van der Waals surface area contributed by atoms with Gasteiger partial charge in [0.25, 0.3) is 0 Å². The topological polar surface area (TPSA) is 92.9 Å². The number of carbonyl (C=O) groups excluding carboxylic acids is 1. The fraction of sp³-hybridized carbons (Fsp3) is 0.227. The van der Waals surface area contributed by atoms with Crippen molar-refractivity contribution in [2.75, 3.05) is 16.4 Å². The number of rotatable bonds is 6. The van der Waals surface area contributed by atoms with Gasteiger partial charge in [0, 0.05) is 30.4 Å². The Hall–Kier alpha value is -3.41. The molecule has 0 aliphatic heterocycles. The Morgan fingerprint density at radius 1 is 1.11 bits per heavy atom. The molecule has 0 atom stereocenters. The molecule has 1 aromatic carbocycles. The molecule has 4 rings (SSSR count). The zero-order chi connectivity index (χ0) is 19.5. The zero-order valence-corrected chi connectivity index (χ0v) is 15.8. The number of hydrogen-bond donors (Lipinski definition) is 3. The third-order valence-electron chi connectivity index (χ3n) is 4.81. The van der Waals surface area contributed by atoms with E-state index in [-0.39, 0.29) is 11.8 Å². The summed E-state index contributed by atoms with van der Waals surface area (Å²) in [7, 11) is 0. The average molecular weight is 373 g/mol. The van der Waals surface area contributed by atoms with Crippen LogP contribution in [0.2, 0.25) is 0 Å². The molecule has 0 saturated heterocycles. The monoisotopic (exact) mass is 373 g/mol. The van der Waals surface area contributed by atoms with Crippen molar-refractivity contribution in [3.63, 3.8) is 0 Å². The van der Waals surface area contributed by atoms with Crippen molar-refractivity contribution < 1.29 is 4.79 Å². The number of nitrogens with zero attached hydrogens (tertiary/aromatic N) is 2. The van der Waals surface area contributed by atoms with Gasteiger partial charge in [0.15, 0.2) is 0 Å². The van der Waals surface area contributed by atoms with Crippen LogP contribution in [0.3, 0.4) is 0 Å². The molecule has 1 saturated carbocycles. The molecule has 2 aromatic heterocycles. The van der Waals surface area contributed by atoms with Crippen molar-refractivity contribution in [3.05, 3.63) is 66.0 Å².